The van der Waals surface area contributed by atoms with E-state index in [1.807, 2.05) is 20.8 Å². The van der Waals surface area contributed by atoms with E-state index >= 15 is 0 Å². The van der Waals surface area contributed by atoms with Crippen LogP contribution in [0.5, 0.6) is 5.88 Å². The third-order valence-electron chi connectivity index (χ3n) is 1.32. The van der Waals surface area contributed by atoms with Gasteiger partial charge in [-0.2, -0.15) is 0 Å². The fraction of sp³-hybridized carbons (Fsp3) is 0.444. The highest BCUT2D eigenvalue weighted by atomic mass is 32.2. The van der Waals surface area contributed by atoms with Crippen LogP contribution in [0.25, 0.3) is 0 Å². The first-order chi connectivity index (χ1) is 6.38. The van der Waals surface area contributed by atoms with Gasteiger partial charge in [0.25, 0.3) is 0 Å². The van der Waals surface area contributed by atoms with Gasteiger partial charge in [0.15, 0.2) is 11.1 Å². The van der Waals surface area contributed by atoms with Crippen molar-refractivity contribution in [2.24, 2.45) is 0 Å². The predicted molar refractivity (Wildman–Crippen MR) is 53.7 cm³/mol. The molecule has 0 radical (unpaired) electrons. The molecule has 1 N–H and O–H groups in total. The SMILES string of the molecule is CC(C)(C)Oc1ccc(S(=O)O)cn1. The van der Waals surface area contributed by atoms with E-state index in [1.54, 1.807) is 6.07 Å². The van der Waals surface area contributed by atoms with Crippen molar-refractivity contribution in [3.05, 3.63) is 18.3 Å². The monoisotopic (exact) mass is 215 g/mol. The van der Waals surface area contributed by atoms with Gasteiger partial charge in [0.1, 0.15) is 5.60 Å². The van der Waals surface area contributed by atoms with Gasteiger partial charge in [-0.3, -0.25) is 0 Å². The smallest absolute Gasteiger partial charge is 0.213 e. The molecule has 0 fully saturated rings. The molecule has 78 valence electrons. The summed E-state index contributed by atoms with van der Waals surface area (Å²) in [7, 11) is 0. The lowest BCUT2D eigenvalue weighted by Crippen LogP contribution is -2.23. The molecule has 4 nitrogen and oxygen atoms in total. The van der Waals surface area contributed by atoms with E-state index in [9.17, 15) is 4.21 Å². The van der Waals surface area contributed by atoms with Crippen molar-refractivity contribution < 1.29 is 13.5 Å². The van der Waals surface area contributed by atoms with E-state index in [4.69, 9.17) is 9.29 Å². The van der Waals surface area contributed by atoms with Crippen molar-refractivity contribution in [2.45, 2.75) is 31.3 Å². The van der Waals surface area contributed by atoms with Gasteiger partial charge in [0.2, 0.25) is 5.88 Å². The summed E-state index contributed by atoms with van der Waals surface area (Å²) in [6, 6.07) is 3.10. The average molecular weight is 215 g/mol. The summed E-state index contributed by atoms with van der Waals surface area (Å²) in [5, 5.41) is 0. The first-order valence-corrected chi connectivity index (χ1v) is 5.25. The van der Waals surface area contributed by atoms with Crippen molar-refractivity contribution >= 4 is 11.1 Å². The van der Waals surface area contributed by atoms with Gasteiger partial charge in [-0.25, -0.2) is 9.19 Å². The summed E-state index contributed by atoms with van der Waals surface area (Å²) >= 11 is -1.98. The van der Waals surface area contributed by atoms with E-state index in [2.05, 4.69) is 4.98 Å². The average Bonchev–Trinajstić information content (AvgIpc) is 2.02. The third-order valence-corrected chi connectivity index (χ3v) is 1.97. The predicted octanol–water partition coefficient (Wildman–Crippen LogP) is 1.84. The van der Waals surface area contributed by atoms with E-state index in [0.29, 0.717) is 5.88 Å². The summed E-state index contributed by atoms with van der Waals surface area (Å²) in [5.74, 6) is 0.451. The number of rotatable bonds is 2. The highest BCUT2D eigenvalue weighted by Gasteiger charge is 2.12. The molecule has 1 atom stereocenters. The maximum absolute atomic E-state index is 10.6. The van der Waals surface area contributed by atoms with Crippen LogP contribution in [0.1, 0.15) is 20.8 Å². The lowest BCUT2D eigenvalue weighted by molar-refractivity contribution is 0.124. The zero-order valence-corrected chi connectivity index (χ0v) is 9.17. The number of hydrogen-bond acceptors (Lipinski definition) is 3. The summed E-state index contributed by atoms with van der Waals surface area (Å²) in [6.45, 7) is 5.73. The molecule has 1 heterocycles. The maximum atomic E-state index is 10.6. The first-order valence-electron chi connectivity index (χ1n) is 4.14. The Bertz CT molecular complexity index is 329. The van der Waals surface area contributed by atoms with Crippen molar-refractivity contribution in [1.29, 1.82) is 0 Å². The second-order valence-corrected chi connectivity index (χ2v) is 4.77. The van der Waals surface area contributed by atoms with Crippen LogP contribution in [0, 0.1) is 0 Å². The third kappa shape index (κ3) is 3.43. The molecule has 14 heavy (non-hydrogen) atoms. The largest absolute Gasteiger partial charge is 0.472 e. The molecule has 0 saturated carbocycles. The standard InChI is InChI=1S/C9H13NO3S/c1-9(2,3)13-8-5-4-7(6-10-8)14(11)12/h4-6H,1-3H3,(H,11,12). The van der Waals surface area contributed by atoms with E-state index in [-0.39, 0.29) is 10.5 Å². The van der Waals surface area contributed by atoms with Crippen LogP contribution >= 0.6 is 0 Å². The Hall–Kier alpha value is -0.940. The van der Waals surface area contributed by atoms with Crippen molar-refractivity contribution in [1.82, 2.24) is 4.98 Å². The number of ether oxygens (including phenoxy) is 1. The Kier molecular flexibility index (Phi) is 3.23. The Balaban J connectivity index is 2.79. The zero-order valence-electron chi connectivity index (χ0n) is 8.35. The molecule has 0 aliphatic heterocycles. The van der Waals surface area contributed by atoms with Crippen LogP contribution < -0.4 is 4.74 Å². The summed E-state index contributed by atoms with van der Waals surface area (Å²) < 4.78 is 24.8. The Labute approximate surface area is 85.6 Å². The Morgan fingerprint density at radius 2 is 2.07 bits per heavy atom. The van der Waals surface area contributed by atoms with Crippen LogP contribution in [0.2, 0.25) is 0 Å². The fourth-order valence-corrected chi connectivity index (χ4v) is 1.17. The Morgan fingerprint density at radius 3 is 2.43 bits per heavy atom. The van der Waals surface area contributed by atoms with E-state index in [0.717, 1.165) is 0 Å². The number of nitrogens with zero attached hydrogens (tertiary/aromatic N) is 1. The molecule has 1 aromatic heterocycles. The fourth-order valence-electron chi connectivity index (χ4n) is 0.844. The molecule has 5 heteroatoms. The molecular weight excluding hydrogens is 202 g/mol. The number of aromatic nitrogens is 1. The molecule has 0 spiro atoms. The van der Waals surface area contributed by atoms with Crippen molar-refractivity contribution in [2.75, 3.05) is 0 Å². The Morgan fingerprint density at radius 1 is 1.43 bits per heavy atom. The minimum Gasteiger partial charge on any atom is -0.472 e. The highest BCUT2D eigenvalue weighted by molar-refractivity contribution is 7.79. The van der Waals surface area contributed by atoms with Gasteiger partial charge >= 0.3 is 0 Å². The van der Waals surface area contributed by atoms with E-state index in [1.165, 1.54) is 12.3 Å². The summed E-state index contributed by atoms with van der Waals surface area (Å²) in [5.41, 5.74) is -0.313. The minimum atomic E-state index is -1.98. The van der Waals surface area contributed by atoms with Gasteiger partial charge < -0.3 is 9.29 Å². The molecule has 1 unspecified atom stereocenters. The quantitative estimate of drug-likeness (QED) is 0.765. The minimum absolute atomic E-state index is 0.270. The van der Waals surface area contributed by atoms with Crippen molar-refractivity contribution in [3.8, 4) is 5.88 Å². The van der Waals surface area contributed by atoms with Crippen LogP contribution in [0.3, 0.4) is 0 Å². The van der Waals surface area contributed by atoms with Crippen LogP contribution in [0.4, 0.5) is 0 Å². The number of hydrogen-bond donors (Lipinski definition) is 1. The molecule has 0 aromatic carbocycles. The molecule has 0 aliphatic carbocycles. The molecular formula is C9H13NO3S. The van der Waals surface area contributed by atoms with Gasteiger partial charge in [0, 0.05) is 12.3 Å². The molecule has 1 aromatic rings. The van der Waals surface area contributed by atoms with E-state index < -0.39 is 11.1 Å². The van der Waals surface area contributed by atoms with Gasteiger partial charge in [0.05, 0.1) is 4.90 Å². The highest BCUT2D eigenvalue weighted by Crippen LogP contribution is 2.15. The second-order valence-electron chi connectivity index (χ2n) is 3.80. The van der Waals surface area contributed by atoms with Gasteiger partial charge in [-0.1, -0.05) is 0 Å². The van der Waals surface area contributed by atoms with Crippen LogP contribution in [-0.2, 0) is 11.1 Å². The summed E-state index contributed by atoms with van der Waals surface area (Å²) in [6.07, 6.45) is 1.33. The lowest BCUT2D eigenvalue weighted by atomic mass is 10.2. The second kappa shape index (κ2) is 4.06. The topological polar surface area (TPSA) is 59.4 Å². The number of pyridine rings is 1. The van der Waals surface area contributed by atoms with Gasteiger partial charge in [-0.15, -0.1) is 0 Å². The molecule has 0 bridgehead atoms. The molecule has 0 aliphatic rings. The van der Waals surface area contributed by atoms with Crippen LogP contribution in [0.15, 0.2) is 23.2 Å². The maximum Gasteiger partial charge on any atom is 0.213 e. The normalized spacial score (nSPS) is 13.7. The molecule has 0 saturated heterocycles. The zero-order chi connectivity index (χ0) is 10.8. The molecule has 1 rings (SSSR count). The first kappa shape index (κ1) is 11.1. The van der Waals surface area contributed by atoms with Crippen molar-refractivity contribution in [3.63, 3.8) is 0 Å². The van der Waals surface area contributed by atoms with Gasteiger partial charge in [-0.05, 0) is 26.8 Å². The van der Waals surface area contributed by atoms with Crippen LogP contribution in [-0.4, -0.2) is 19.3 Å². The summed E-state index contributed by atoms with van der Waals surface area (Å²) in [4.78, 5) is 4.18. The molecule has 0 amide bonds. The lowest BCUT2D eigenvalue weighted by Gasteiger charge is -2.19.